The summed E-state index contributed by atoms with van der Waals surface area (Å²) >= 11 is 0. The minimum atomic E-state index is -0.841. The molecule has 17 heavy (non-hydrogen) atoms. The number of carbonyl (C=O) groups is 1. The number of nitrogens with one attached hydrogen (secondary N) is 1. The molecule has 0 spiro atoms. The Bertz CT molecular complexity index is 423. The van der Waals surface area contributed by atoms with E-state index in [-0.39, 0.29) is 17.6 Å². The van der Waals surface area contributed by atoms with Gasteiger partial charge >= 0.3 is 0 Å². The highest BCUT2D eigenvalue weighted by molar-refractivity contribution is 7.84. The number of hydrogen-bond acceptors (Lipinski definition) is 4. The van der Waals surface area contributed by atoms with Crippen molar-refractivity contribution < 1.29 is 9.00 Å². The van der Waals surface area contributed by atoms with Crippen molar-refractivity contribution in [3.8, 4) is 0 Å². The van der Waals surface area contributed by atoms with Crippen LogP contribution in [0.15, 0.2) is 18.3 Å². The third-order valence-electron chi connectivity index (χ3n) is 2.27. The zero-order valence-electron chi connectivity index (χ0n) is 9.97. The fourth-order valence-corrected chi connectivity index (χ4v) is 2.00. The molecular weight excluding hydrogens is 238 g/mol. The summed E-state index contributed by atoms with van der Waals surface area (Å²) in [7, 11) is -0.841. The molecule has 0 aliphatic carbocycles. The topological polar surface area (TPSA) is 85.1 Å². The van der Waals surface area contributed by atoms with Crippen molar-refractivity contribution in [1.29, 1.82) is 0 Å². The van der Waals surface area contributed by atoms with E-state index in [9.17, 15) is 9.00 Å². The van der Waals surface area contributed by atoms with Crippen molar-refractivity contribution in [2.24, 2.45) is 0 Å². The number of anilines is 1. The van der Waals surface area contributed by atoms with E-state index in [1.165, 1.54) is 6.20 Å². The highest BCUT2D eigenvalue weighted by atomic mass is 32.2. The van der Waals surface area contributed by atoms with Crippen molar-refractivity contribution in [2.45, 2.75) is 19.4 Å². The van der Waals surface area contributed by atoms with E-state index < -0.39 is 10.8 Å². The number of amides is 1. The first kappa shape index (κ1) is 13.6. The van der Waals surface area contributed by atoms with Crippen LogP contribution in [-0.2, 0) is 10.8 Å². The maximum absolute atomic E-state index is 11.8. The second-order valence-electron chi connectivity index (χ2n) is 3.88. The van der Waals surface area contributed by atoms with Gasteiger partial charge in [0, 0.05) is 35.0 Å². The number of pyridine rings is 1. The highest BCUT2D eigenvalue weighted by Gasteiger charge is 2.13. The molecule has 0 radical (unpaired) electrons. The fraction of sp³-hybridized carbons (Fsp3) is 0.455. The SMILES string of the molecule is CC(CCS(C)=O)NC(=O)c1ncccc1N. The average Bonchev–Trinajstić information content (AvgIpc) is 2.26. The largest absolute Gasteiger partial charge is 0.397 e. The summed E-state index contributed by atoms with van der Waals surface area (Å²) in [5, 5.41) is 2.78. The van der Waals surface area contributed by atoms with E-state index in [1.54, 1.807) is 18.4 Å². The first-order valence-electron chi connectivity index (χ1n) is 5.32. The van der Waals surface area contributed by atoms with Crippen LogP contribution in [0.1, 0.15) is 23.8 Å². The lowest BCUT2D eigenvalue weighted by Gasteiger charge is -2.13. The molecule has 2 atom stereocenters. The summed E-state index contributed by atoms with van der Waals surface area (Å²) in [5.41, 5.74) is 6.24. The standard InChI is InChI=1S/C11H17N3O2S/c1-8(5-7-17(2)16)14-11(15)10-9(12)4-3-6-13-10/h3-4,6,8H,5,7,12H2,1-2H3,(H,14,15). The molecule has 6 heteroatoms. The molecule has 1 rings (SSSR count). The van der Waals surface area contributed by atoms with Crippen molar-refractivity contribution in [3.63, 3.8) is 0 Å². The van der Waals surface area contributed by atoms with E-state index in [0.29, 0.717) is 17.9 Å². The summed E-state index contributed by atoms with van der Waals surface area (Å²) in [5.74, 6) is 0.275. The van der Waals surface area contributed by atoms with Crippen LogP contribution in [0.25, 0.3) is 0 Å². The lowest BCUT2D eigenvalue weighted by Crippen LogP contribution is -2.34. The predicted molar refractivity (Wildman–Crippen MR) is 69.1 cm³/mol. The minimum absolute atomic E-state index is 0.0483. The quantitative estimate of drug-likeness (QED) is 0.804. The van der Waals surface area contributed by atoms with Crippen molar-refractivity contribution in [1.82, 2.24) is 10.3 Å². The molecule has 0 saturated heterocycles. The smallest absolute Gasteiger partial charge is 0.272 e. The van der Waals surface area contributed by atoms with Gasteiger partial charge in [0.05, 0.1) is 5.69 Å². The molecule has 1 heterocycles. The maximum Gasteiger partial charge on any atom is 0.272 e. The molecule has 1 amide bonds. The van der Waals surface area contributed by atoms with Gasteiger partial charge < -0.3 is 11.1 Å². The van der Waals surface area contributed by atoms with Gasteiger partial charge in [0.25, 0.3) is 5.91 Å². The van der Waals surface area contributed by atoms with E-state index in [2.05, 4.69) is 10.3 Å². The van der Waals surface area contributed by atoms with Crippen LogP contribution in [0.5, 0.6) is 0 Å². The van der Waals surface area contributed by atoms with Gasteiger partial charge in [-0.2, -0.15) is 0 Å². The Morgan fingerprint density at radius 1 is 1.65 bits per heavy atom. The number of carbonyl (C=O) groups excluding carboxylic acids is 1. The van der Waals surface area contributed by atoms with Gasteiger partial charge in [0.1, 0.15) is 0 Å². The minimum Gasteiger partial charge on any atom is -0.397 e. The van der Waals surface area contributed by atoms with E-state index in [0.717, 1.165) is 0 Å². The van der Waals surface area contributed by atoms with Gasteiger partial charge in [-0.3, -0.25) is 9.00 Å². The monoisotopic (exact) mass is 255 g/mol. The number of nitrogens with zero attached hydrogens (tertiary/aromatic N) is 1. The molecule has 1 aromatic heterocycles. The Kier molecular flexibility index (Phi) is 5.09. The fourth-order valence-electron chi connectivity index (χ4n) is 1.31. The number of nitrogen functional groups attached to an aromatic ring is 1. The number of hydrogen-bond donors (Lipinski definition) is 2. The lowest BCUT2D eigenvalue weighted by molar-refractivity contribution is 0.0935. The average molecular weight is 255 g/mol. The van der Waals surface area contributed by atoms with Crippen molar-refractivity contribution in [2.75, 3.05) is 17.7 Å². The molecule has 0 bridgehead atoms. The summed E-state index contributed by atoms with van der Waals surface area (Å²) in [4.78, 5) is 15.7. The molecule has 94 valence electrons. The number of nitrogens with two attached hydrogens (primary N) is 1. The van der Waals surface area contributed by atoms with E-state index in [1.807, 2.05) is 6.92 Å². The van der Waals surface area contributed by atoms with Gasteiger partial charge in [-0.15, -0.1) is 0 Å². The Labute approximate surface area is 103 Å². The molecule has 0 aliphatic heterocycles. The molecule has 1 aromatic rings. The summed E-state index contributed by atoms with van der Waals surface area (Å²) in [6, 6.07) is 3.26. The normalized spacial score (nSPS) is 14.0. The summed E-state index contributed by atoms with van der Waals surface area (Å²) in [6.07, 6.45) is 3.84. The molecule has 0 aliphatic rings. The zero-order chi connectivity index (χ0) is 12.8. The third-order valence-corrected chi connectivity index (χ3v) is 3.08. The van der Waals surface area contributed by atoms with Crippen molar-refractivity contribution >= 4 is 22.4 Å². The van der Waals surface area contributed by atoms with Gasteiger partial charge in [-0.1, -0.05) is 0 Å². The van der Waals surface area contributed by atoms with Gasteiger partial charge in [0.15, 0.2) is 5.69 Å². The van der Waals surface area contributed by atoms with Gasteiger partial charge in [-0.25, -0.2) is 4.98 Å². The van der Waals surface area contributed by atoms with Gasteiger partial charge in [-0.05, 0) is 25.5 Å². The first-order chi connectivity index (χ1) is 8.00. The Hall–Kier alpha value is -1.43. The predicted octanol–water partition coefficient (Wildman–Crippen LogP) is 0.551. The third kappa shape index (κ3) is 4.52. The van der Waals surface area contributed by atoms with Gasteiger partial charge in [0.2, 0.25) is 0 Å². The highest BCUT2D eigenvalue weighted by Crippen LogP contribution is 2.07. The first-order valence-corrected chi connectivity index (χ1v) is 7.04. The summed E-state index contributed by atoms with van der Waals surface area (Å²) in [6.45, 7) is 1.86. The van der Waals surface area contributed by atoms with E-state index >= 15 is 0 Å². The van der Waals surface area contributed by atoms with Crippen molar-refractivity contribution in [3.05, 3.63) is 24.0 Å². The van der Waals surface area contributed by atoms with Crippen LogP contribution < -0.4 is 11.1 Å². The Balaban J connectivity index is 2.55. The number of aromatic nitrogens is 1. The molecule has 3 N–H and O–H groups in total. The number of rotatable bonds is 5. The molecule has 2 unspecified atom stereocenters. The van der Waals surface area contributed by atoms with Crippen LogP contribution in [0.2, 0.25) is 0 Å². The second-order valence-corrected chi connectivity index (χ2v) is 5.44. The molecule has 5 nitrogen and oxygen atoms in total. The van der Waals surface area contributed by atoms with Crippen LogP contribution in [0.3, 0.4) is 0 Å². The molecule has 0 fully saturated rings. The van der Waals surface area contributed by atoms with Crippen LogP contribution in [0.4, 0.5) is 5.69 Å². The van der Waals surface area contributed by atoms with E-state index in [4.69, 9.17) is 5.73 Å². The zero-order valence-corrected chi connectivity index (χ0v) is 10.8. The molecular formula is C11H17N3O2S. The van der Waals surface area contributed by atoms with Crippen LogP contribution >= 0.6 is 0 Å². The maximum atomic E-state index is 11.8. The van der Waals surface area contributed by atoms with Crippen LogP contribution in [-0.4, -0.2) is 33.2 Å². The Morgan fingerprint density at radius 3 is 2.94 bits per heavy atom. The Morgan fingerprint density at radius 2 is 2.35 bits per heavy atom. The molecule has 0 aromatic carbocycles. The molecule has 0 saturated carbocycles. The summed E-state index contributed by atoms with van der Waals surface area (Å²) < 4.78 is 10.9. The lowest BCUT2D eigenvalue weighted by atomic mass is 10.2. The van der Waals surface area contributed by atoms with Crippen LogP contribution in [0, 0.1) is 0 Å². The second kappa shape index (κ2) is 6.34.